The molecule has 0 amide bonds. The molecule has 1 nitrogen and oxygen atoms in total. The van der Waals surface area contributed by atoms with E-state index in [9.17, 15) is 0 Å². The van der Waals surface area contributed by atoms with Gasteiger partial charge in [0.25, 0.3) is 0 Å². The monoisotopic (exact) mass is 289 g/mol. The summed E-state index contributed by atoms with van der Waals surface area (Å²) >= 11 is 3.40. The van der Waals surface area contributed by atoms with Gasteiger partial charge in [-0.25, -0.2) is 0 Å². The van der Waals surface area contributed by atoms with E-state index in [1.165, 1.54) is 11.1 Å². The summed E-state index contributed by atoms with van der Waals surface area (Å²) in [6, 6.07) is 12.9. The highest BCUT2D eigenvalue weighted by molar-refractivity contribution is 9.10. The van der Waals surface area contributed by atoms with Gasteiger partial charge in [0, 0.05) is 10.5 Å². The number of rotatable bonds is 2. The van der Waals surface area contributed by atoms with Crippen LogP contribution in [-0.2, 0) is 0 Å². The molecule has 2 aromatic rings. The van der Waals surface area contributed by atoms with Gasteiger partial charge in [-0.15, -0.1) is 0 Å². The zero-order chi connectivity index (χ0) is 12.4. The average Bonchev–Trinajstić information content (AvgIpc) is 2.33. The number of benzene rings is 2. The van der Waals surface area contributed by atoms with Gasteiger partial charge in [-0.05, 0) is 67.8 Å². The zero-order valence-corrected chi connectivity index (χ0v) is 11.8. The van der Waals surface area contributed by atoms with E-state index in [-0.39, 0.29) is 0 Å². The maximum atomic E-state index is 5.82. The second kappa shape index (κ2) is 4.92. The molecule has 1 radical (unpaired) electrons. The molecule has 0 aliphatic heterocycles. The summed E-state index contributed by atoms with van der Waals surface area (Å²) in [4.78, 5) is 0. The van der Waals surface area contributed by atoms with Crippen LogP contribution in [0.4, 0.5) is 0 Å². The lowest BCUT2D eigenvalue weighted by atomic mass is 10.0. The smallest absolute Gasteiger partial charge is 0.138 e. The molecule has 0 atom stereocenters. The lowest BCUT2D eigenvalue weighted by molar-refractivity contribution is 0.477. The Morgan fingerprint density at radius 1 is 1.00 bits per heavy atom. The minimum Gasteiger partial charge on any atom is -0.456 e. The molecule has 0 saturated carbocycles. The Morgan fingerprint density at radius 3 is 2.29 bits per heavy atom. The van der Waals surface area contributed by atoms with E-state index in [0.717, 1.165) is 21.5 Å². The molecule has 2 heteroatoms. The summed E-state index contributed by atoms with van der Waals surface area (Å²) in [5, 5.41) is 0. The van der Waals surface area contributed by atoms with Crippen LogP contribution in [0.1, 0.15) is 16.7 Å². The first-order valence-corrected chi connectivity index (χ1v) is 6.29. The van der Waals surface area contributed by atoms with E-state index in [1.54, 1.807) is 0 Å². The molecule has 0 aliphatic carbocycles. The second-order valence-corrected chi connectivity index (χ2v) is 5.02. The van der Waals surface area contributed by atoms with Crippen LogP contribution in [0.3, 0.4) is 0 Å². The first kappa shape index (κ1) is 12.2. The maximum Gasteiger partial charge on any atom is 0.138 e. The summed E-state index contributed by atoms with van der Waals surface area (Å²) in [6.07, 6.45) is 0. The van der Waals surface area contributed by atoms with E-state index in [0.29, 0.717) is 0 Å². The molecule has 0 aliphatic rings. The predicted molar refractivity (Wildman–Crippen MR) is 73.7 cm³/mol. The first-order valence-electron chi connectivity index (χ1n) is 5.50. The molecule has 2 rings (SSSR count). The highest BCUT2D eigenvalue weighted by Crippen LogP contribution is 2.28. The molecule has 0 spiro atoms. The van der Waals surface area contributed by atoms with Crippen molar-refractivity contribution in [2.45, 2.75) is 20.8 Å². The quantitative estimate of drug-likeness (QED) is 0.759. The fraction of sp³-hybridized carbons (Fsp3) is 0.200. The Kier molecular flexibility index (Phi) is 3.53. The van der Waals surface area contributed by atoms with Gasteiger partial charge in [-0.2, -0.15) is 0 Å². The topological polar surface area (TPSA) is 9.23 Å². The SMILES string of the molecule is Cc1c[c]c(Oc2ccc(Br)cc2)c(C)c1C. The fourth-order valence-electron chi connectivity index (χ4n) is 1.58. The highest BCUT2D eigenvalue weighted by Gasteiger charge is 2.06. The van der Waals surface area contributed by atoms with Crippen LogP contribution in [0.25, 0.3) is 0 Å². The van der Waals surface area contributed by atoms with Crippen molar-refractivity contribution in [3.63, 3.8) is 0 Å². The number of hydrogen-bond donors (Lipinski definition) is 0. The van der Waals surface area contributed by atoms with Gasteiger partial charge in [0.2, 0.25) is 0 Å². The fourth-order valence-corrected chi connectivity index (χ4v) is 1.85. The largest absolute Gasteiger partial charge is 0.456 e. The third-order valence-electron chi connectivity index (χ3n) is 2.95. The van der Waals surface area contributed by atoms with Crippen molar-refractivity contribution in [3.8, 4) is 11.5 Å². The molecule has 0 bridgehead atoms. The summed E-state index contributed by atoms with van der Waals surface area (Å²) in [5.41, 5.74) is 3.65. The molecular weight excluding hydrogens is 276 g/mol. The highest BCUT2D eigenvalue weighted by atomic mass is 79.9. The minimum absolute atomic E-state index is 0.801. The molecule has 17 heavy (non-hydrogen) atoms. The standard InChI is InChI=1S/C15H14BrO/c1-10-4-9-15(12(3)11(10)2)17-14-7-5-13(16)6-8-14/h4-8H,1-3H3. The van der Waals surface area contributed by atoms with Gasteiger partial charge in [-0.1, -0.05) is 15.9 Å². The molecule has 0 unspecified atom stereocenters. The van der Waals surface area contributed by atoms with Gasteiger partial charge in [0.1, 0.15) is 11.5 Å². The zero-order valence-electron chi connectivity index (χ0n) is 10.2. The minimum atomic E-state index is 0.801. The molecule has 0 N–H and O–H groups in total. The van der Waals surface area contributed by atoms with Gasteiger partial charge in [0.05, 0.1) is 0 Å². The lowest BCUT2D eigenvalue weighted by Gasteiger charge is -2.12. The van der Waals surface area contributed by atoms with Gasteiger partial charge in [0.15, 0.2) is 0 Å². The van der Waals surface area contributed by atoms with E-state index < -0.39 is 0 Å². The van der Waals surface area contributed by atoms with Crippen LogP contribution in [0.15, 0.2) is 34.8 Å². The number of aryl methyl sites for hydroxylation is 1. The van der Waals surface area contributed by atoms with Crippen molar-refractivity contribution in [1.29, 1.82) is 0 Å². The number of hydrogen-bond acceptors (Lipinski definition) is 1. The first-order chi connectivity index (χ1) is 8.08. The van der Waals surface area contributed by atoms with E-state index >= 15 is 0 Å². The van der Waals surface area contributed by atoms with Crippen molar-refractivity contribution in [3.05, 3.63) is 57.6 Å². The molecule has 0 fully saturated rings. The van der Waals surface area contributed by atoms with Crippen LogP contribution in [-0.4, -0.2) is 0 Å². The summed E-state index contributed by atoms with van der Waals surface area (Å²) in [7, 11) is 0. The molecular formula is C15H14BrO. The van der Waals surface area contributed by atoms with Crippen LogP contribution in [0.2, 0.25) is 0 Å². The van der Waals surface area contributed by atoms with Crippen molar-refractivity contribution in [2.75, 3.05) is 0 Å². The predicted octanol–water partition coefficient (Wildman–Crippen LogP) is 4.97. The lowest BCUT2D eigenvalue weighted by Crippen LogP contribution is -1.92. The maximum absolute atomic E-state index is 5.82. The third-order valence-corrected chi connectivity index (χ3v) is 3.48. The van der Waals surface area contributed by atoms with Gasteiger partial charge >= 0.3 is 0 Å². The third kappa shape index (κ3) is 2.70. The van der Waals surface area contributed by atoms with Crippen LogP contribution in [0.5, 0.6) is 11.5 Å². The van der Waals surface area contributed by atoms with Crippen LogP contribution < -0.4 is 4.74 Å². The number of ether oxygens (including phenoxy) is 1. The Balaban J connectivity index is 2.30. The Morgan fingerprint density at radius 2 is 1.65 bits per heavy atom. The number of halogens is 1. The van der Waals surface area contributed by atoms with Gasteiger partial charge < -0.3 is 4.74 Å². The van der Waals surface area contributed by atoms with Gasteiger partial charge in [-0.3, -0.25) is 0 Å². The molecule has 0 aromatic heterocycles. The average molecular weight is 290 g/mol. The van der Waals surface area contributed by atoms with E-state index in [4.69, 9.17) is 4.74 Å². The second-order valence-electron chi connectivity index (χ2n) is 4.11. The molecule has 0 heterocycles. The van der Waals surface area contributed by atoms with E-state index in [2.05, 4.69) is 42.8 Å². The summed E-state index contributed by atoms with van der Waals surface area (Å²) < 4.78 is 6.87. The molecule has 87 valence electrons. The normalized spacial score (nSPS) is 10.4. The van der Waals surface area contributed by atoms with E-state index in [1.807, 2.05) is 30.3 Å². The van der Waals surface area contributed by atoms with Crippen molar-refractivity contribution < 1.29 is 4.74 Å². The Labute approximate surface area is 111 Å². The van der Waals surface area contributed by atoms with Crippen molar-refractivity contribution >= 4 is 15.9 Å². The summed E-state index contributed by atoms with van der Waals surface area (Å²) in [5.74, 6) is 1.63. The Hall–Kier alpha value is -1.28. The van der Waals surface area contributed by atoms with Crippen molar-refractivity contribution in [1.82, 2.24) is 0 Å². The Bertz CT molecular complexity index is 529. The molecule has 2 aromatic carbocycles. The molecule has 0 saturated heterocycles. The van der Waals surface area contributed by atoms with Crippen LogP contribution in [0, 0.1) is 26.8 Å². The summed E-state index contributed by atoms with van der Waals surface area (Å²) in [6.45, 7) is 6.25. The van der Waals surface area contributed by atoms with Crippen molar-refractivity contribution in [2.24, 2.45) is 0 Å². The van der Waals surface area contributed by atoms with Crippen LogP contribution >= 0.6 is 15.9 Å².